The van der Waals surface area contributed by atoms with Gasteiger partial charge >= 0.3 is 5.97 Å². The van der Waals surface area contributed by atoms with E-state index in [0.29, 0.717) is 0 Å². The van der Waals surface area contributed by atoms with E-state index in [-0.39, 0.29) is 6.08 Å². The van der Waals surface area contributed by atoms with Gasteiger partial charge in [0.15, 0.2) is 6.17 Å². The van der Waals surface area contributed by atoms with Crippen molar-refractivity contribution in [3.8, 4) is 0 Å². The third-order valence-electron chi connectivity index (χ3n) is 0.880. The molecule has 0 heterocycles. The van der Waals surface area contributed by atoms with Crippen LogP contribution in [0.4, 0.5) is 13.2 Å². The van der Waals surface area contributed by atoms with Crippen LogP contribution >= 0.6 is 0 Å². The standard InChI is InChI=1S/C6H5F3O2/c1-3(6(10)11)4(7)2-5(8)9/h2,4H,1H2,(H,10,11). The molecule has 0 radical (unpaired) electrons. The second-order valence-electron chi connectivity index (χ2n) is 1.69. The van der Waals surface area contributed by atoms with Crippen molar-refractivity contribution in [3.05, 3.63) is 24.3 Å². The molecule has 0 aromatic rings. The first-order chi connectivity index (χ1) is 4.95. The van der Waals surface area contributed by atoms with Gasteiger partial charge in [-0.25, -0.2) is 9.18 Å². The lowest BCUT2D eigenvalue weighted by Gasteiger charge is -1.99. The van der Waals surface area contributed by atoms with Crippen molar-refractivity contribution in [2.75, 3.05) is 0 Å². The number of hydrogen-bond donors (Lipinski definition) is 1. The Kier molecular flexibility index (Phi) is 3.36. The van der Waals surface area contributed by atoms with Crippen molar-refractivity contribution in [1.29, 1.82) is 0 Å². The van der Waals surface area contributed by atoms with E-state index in [1.54, 1.807) is 0 Å². The Bertz CT molecular complexity index is 206. The second-order valence-corrected chi connectivity index (χ2v) is 1.69. The average molecular weight is 166 g/mol. The van der Waals surface area contributed by atoms with Crippen LogP contribution in [0.3, 0.4) is 0 Å². The molecule has 0 aliphatic carbocycles. The van der Waals surface area contributed by atoms with Crippen molar-refractivity contribution < 1.29 is 23.1 Å². The molecule has 0 aliphatic rings. The number of carboxylic acids is 1. The van der Waals surface area contributed by atoms with Gasteiger partial charge in [-0.05, 0) is 0 Å². The van der Waals surface area contributed by atoms with Crippen molar-refractivity contribution >= 4 is 5.97 Å². The van der Waals surface area contributed by atoms with E-state index >= 15 is 0 Å². The highest BCUT2D eigenvalue weighted by Crippen LogP contribution is 2.10. The minimum atomic E-state index is -2.32. The maximum atomic E-state index is 12.3. The fraction of sp³-hybridized carbons (Fsp3) is 0.167. The molecule has 0 spiro atoms. The van der Waals surface area contributed by atoms with Crippen molar-refractivity contribution in [2.24, 2.45) is 0 Å². The molecule has 0 amide bonds. The maximum Gasteiger partial charge on any atom is 0.334 e. The van der Waals surface area contributed by atoms with Crippen LogP contribution in [0.25, 0.3) is 0 Å². The minimum Gasteiger partial charge on any atom is -0.478 e. The monoisotopic (exact) mass is 166 g/mol. The Morgan fingerprint density at radius 3 is 2.27 bits per heavy atom. The summed E-state index contributed by atoms with van der Waals surface area (Å²) in [5.41, 5.74) is -0.905. The zero-order chi connectivity index (χ0) is 9.02. The Labute approximate surface area is 60.6 Å². The van der Waals surface area contributed by atoms with Gasteiger partial charge in [0.05, 0.1) is 5.57 Å². The predicted molar refractivity (Wildman–Crippen MR) is 32.0 cm³/mol. The first kappa shape index (κ1) is 9.74. The highest BCUT2D eigenvalue weighted by atomic mass is 19.3. The number of halogens is 3. The van der Waals surface area contributed by atoms with Gasteiger partial charge in [0.25, 0.3) is 6.08 Å². The van der Waals surface area contributed by atoms with Gasteiger partial charge in [0.2, 0.25) is 0 Å². The first-order valence-corrected chi connectivity index (χ1v) is 2.54. The fourth-order valence-electron chi connectivity index (χ4n) is 0.329. The Morgan fingerprint density at radius 1 is 1.55 bits per heavy atom. The fourth-order valence-corrected chi connectivity index (χ4v) is 0.329. The van der Waals surface area contributed by atoms with Gasteiger partial charge in [-0.15, -0.1) is 0 Å². The molecule has 1 unspecified atom stereocenters. The summed E-state index contributed by atoms with van der Waals surface area (Å²) in [7, 11) is 0. The van der Waals surface area contributed by atoms with E-state index in [9.17, 15) is 18.0 Å². The van der Waals surface area contributed by atoms with Gasteiger partial charge in [-0.1, -0.05) is 6.58 Å². The van der Waals surface area contributed by atoms with E-state index in [1.165, 1.54) is 0 Å². The quantitative estimate of drug-likeness (QED) is 0.648. The van der Waals surface area contributed by atoms with Gasteiger partial charge in [0, 0.05) is 6.08 Å². The Balaban J connectivity index is 4.27. The molecule has 62 valence electrons. The smallest absolute Gasteiger partial charge is 0.334 e. The normalized spacial score (nSPS) is 11.9. The molecule has 0 saturated heterocycles. The molecule has 0 rings (SSSR count). The summed E-state index contributed by atoms with van der Waals surface area (Å²) in [6.45, 7) is 2.75. The van der Waals surface area contributed by atoms with Crippen LogP contribution in [0.2, 0.25) is 0 Å². The maximum absolute atomic E-state index is 12.3. The van der Waals surface area contributed by atoms with E-state index in [0.717, 1.165) is 0 Å². The summed E-state index contributed by atoms with van der Waals surface area (Å²) in [6.07, 6.45) is -4.70. The van der Waals surface area contributed by atoms with Crippen LogP contribution in [0, 0.1) is 0 Å². The minimum absolute atomic E-state index is 0.115. The van der Waals surface area contributed by atoms with E-state index < -0.39 is 23.8 Å². The molecule has 5 heteroatoms. The summed E-state index contributed by atoms with van der Waals surface area (Å²) < 4.78 is 34.9. The number of carbonyl (C=O) groups is 1. The van der Waals surface area contributed by atoms with Crippen molar-refractivity contribution in [1.82, 2.24) is 0 Å². The number of alkyl halides is 1. The van der Waals surface area contributed by atoms with E-state index in [1.807, 2.05) is 0 Å². The molecule has 11 heavy (non-hydrogen) atoms. The molecule has 0 saturated carbocycles. The predicted octanol–water partition coefficient (Wildman–Crippen LogP) is 1.75. The SMILES string of the molecule is C=C(C(=O)O)C(F)C=C(F)F. The van der Waals surface area contributed by atoms with Crippen molar-refractivity contribution in [2.45, 2.75) is 6.17 Å². The zero-order valence-electron chi connectivity index (χ0n) is 5.35. The summed E-state index contributed by atoms with van der Waals surface area (Å²) in [4.78, 5) is 9.91. The van der Waals surface area contributed by atoms with E-state index in [2.05, 4.69) is 6.58 Å². The lowest BCUT2D eigenvalue weighted by atomic mass is 10.2. The largest absolute Gasteiger partial charge is 0.478 e. The number of rotatable bonds is 3. The summed E-state index contributed by atoms with van der Waals surface area (Å²) in [5.74, 6) is -1.63. The third kappa shape index (κ3) is 3.44. The lowest BCUT2D eigenvalue weighted by molar-refractivity contribution is -0.133. The highest BCUT2D eigenvalue weighted by Gasteiger charge is 2.15. The second kappa shape index (κ2) is 3.80. The first-order valence-electron chi connectivity index (χ1n) is 2.54. The van der Waals surface area contributed by atoms with Crippen LogP contribution in [0.1, 0.15) is 0 Å². The van der Waals surface area contributed by atoms with E-state index in [4.69, 9.17) is 5.11 Å². The number of hydrogen-bond acceptors (Lipinski definition) is 1. The molecular weight excluding hydrogens is 161 g/mol. The molecule has 0 fully saturated rings. The van der Waals surface area contributed by atoms with Gasteiger partial charge in [-0.2, -0.15) is 8.78 Å². The van der Waals surface area contributed by atoms with Gasteiger partial charge in [-0.3, -0.25) is 0 Å². The molecule has 1 N–H and O–H groups in total. The molecule has 0 bridgehead atoms. The molecule has 0 aromatic carbocycles. The molecule has 0 aliphatic heterocycles. The summed E-state index contributed by atoms with van der Waals surface area (Å²) in [5, 5.41) is 8.05. The van der Waals surface area contributed by atoms with Crippen LogP contribution in [-0.2, 0) is 4.79 Å². The number of carboxylic acid groups (broad SMARTS) is 1. The highest BCUT2D eigenvalue weighted by molar-refractivity contribution is 5.87. The molecular formula is C6H5F3O2. The summed E-state index contributed by atoms with van der Waals surface area (Å²) in [6, 6.07) is 0. The number of allylic oxidation sites excluding steroid dienone is 1. The number of aliphatic carboxylic acids is 1. The van der Waals surface area contributed by atoms with Crippen LogP contribution in [0.5, 0.6) is 0 Å². The summed E-state index contributed by atoms with van der Waals surface area (Å²) >= 11 is 0. The molecule has 0 aromatic heterocycles. The van der Waals surface area contributed by atoms with Crippen LogP contribution in [0.15, 0.2) is 24.3 Å². The lowest BCUT2D eigenvalue weighted by Crippen LogP contribution is -2.09. The Hall–Kier alpha value is -1.26. The molecule has 2 nitrogen and oxygen atoms in total. The van der Waals surface area contributed by atoms with Crippen LogP contribution < -0.4 is 0 Å². The van der Waals surface area contributed by atoms with Crippen LogP contribution in [-0.4, -0.2) is 17.2 Å². The zero-order valence-corrected chi connectivity index (χ0v) is 5.35. The average Bonchev–Trinajstić information content (AvgIpc) is 1.84. The topological polar surface area (TPSA) is 37.3 Å². The van der Waals surface area contributed by atoms with Gasteiger partial charge in [0.1, 0.15) is 0 Å². The molecule has 1 atom stereocenters. The van der Waals surface area contributed by atoms with Crippen molar-refractivity contribution in [3.63, 3.8) is 0 Å². The van der Waals surface area contributed by atoms with Gasteiger partial charge < -0.3 is 5.11 Å². The third-order valence-corrected chi connectivity index (χ3v) is 0.880. The Morgan fingerprint density at radius 2 is 2.00 bits per heavy atom.